The van der Waals surface area contributed by atoms with Crippen molar-refractivity contribution in [2.24, 2.45) is 0 Å². The van der Waals surface area contributed by atoms with Gasteiger partial charge in [0.15, 0.2) is 17.6 Å². The molecule has 3 aromatic carbocycles. The summed E-state index contributed by atoms with van der Waals surface area (Å²) in [5.74, 6) is 0.991. The van der Waals surface area contributed by atoms with E-state index in [9.17, 15) is 9.18 Å². The Balaban J connectivity index is 1.37. The molecule has 0 aliphatic carbocycles. The zero-order chi connectivity index (χ0) is 25.6. The van der Waals surface area contributed by atoms with Crippen LogP contribution in [0.2, 0.25) is 0 Å². The lowest BCUT2D eigenvalue weighted by molar-refractivity contribution is -0.123. The Bertz CT molecular complexity index is 1210. The molecule has 5 rings (SSSR count). The average Bonchev–Trinajstić information content (AvgIpc) is 3.57. The molecule has 2 heterocycles. The van der Waals surface area contributed by atoms with Gasteiger partial charge in [-0.15, -0.1) is 0 Å². The highest BCUT2D eigenvalue weighted by Gasteiger charge is 2.28. The van der Waals surface area contributed by atoms with Crippen LogP contribution >= 0.6 is 0 Å². The molecule has 0 unspecified atom stereocenters. The number of anilines is 1. The Morgan fingerprint density at radius 3 is 2.73 bits per heavy atom. The van der Waals surface area contributed by atoms with E-state index in [2.05, 4.69) is 10.2 Å². The molecule has 1 fully saturated rings. The van der Waals surface area contributed by atoms with Crippen molar-refractivity contribution in [2.45, 2.75) is 38.5 Å². The monoisotopic (exact) mass is 506 g/mol. The number of amides is 1. The summed E-state index contributed by atoms with van der Waals surface area (Å²) in [7, 11) is 0. The molecule has 0 spiro atoms. The summed E-state index contributed by atoms with van der Waals surface area (Å²) in [5, 5.41) is 2.95. The molecule has 2 aliphatic heterocycles. The van der Waals surface area contributed by atoms with Crippen molar-refractivity contribution in [3.05, 3.63) is 83.7 Å². The minimum Gasteiger partial charge on any atom is -0.479 e. The minimum atomic E-state index is -0.890. The molecule has 37 heavy (non-hydrogen) atoms. The summed E-state index contributed by atoms with van der Waals surface area (Å²) in [6, 6.07) is 19.3. The van der Waals surface area contributed by atoms with Gasteiger partial charge in [-0.2, -0.15) is 0 Å². The maximum atomic E-state index is 13.9. The van der Waals surface area contributed by atoms with Crippen molar-refractivity contribution in [1.29, 1.82) is 0 Å². The molecular weight excluding hydrogens is 475 g/mol. The van der Waals surface area contributed by atoms with Gasteiger partial charge in [-0.25, -0.2) is 4.39 Å². The number of nitrogens with zero attached hydrogens (tertiary/aromatic N) is 1. The largest absolute Gasteiger partial charge is 0.479 e. The van der Waals surface area contributed by atoms with E-state index in [4.69, 9.17) is 18.9 Å². The first-order valence-corrected chi connectivity index (χ1v) is 12.5. The van der Waals surface area contributed by atoms with Crippen LogP contribution in [0.25, 0.3) is 0 Å². The van der Waals surface area contributed by atoms with Gasteiger partial charge >= 0.3 is 0 Å². The molecule has 7 nitrogen and oxygen atoms in total. The van der Waals surface area contributed by atoms with Crippen LogP contribution in [0.5, 0.6) is 17.2 Å². The van der Waals surface area contributed by atoms with E-state index in [1.807, 2.05) is 49.4 Å². The Hall–Kier alpha value is -3.62. The zero-order valence-corrected chi connectivity index (χ0v) is 20.8. The lowest BCUT2D eigenvalue weighted by atomic mass is 10.1. The van der Waals surface area contributed by atoms with E-state index in [0.29, 0.717) is 30.3 Å². The highest BCUT2D eigenvalue weighted by atomic mass is 19.1. The number of ether oxygens (including phenoxy) is 4. The number of aryl methyl sites for hydroxylation is 1. The third-order valence-electron chi connectivity index (χ3n) is 6.44. The lowest BCUT2D eigenvalue weighted by Crippen LogP contribution is -2.45. The van der Waals surface area contributed by atoms with E-state index < -0.39 is 11.9 Å². The van der Waals surface area contributed by atoms with Crippen molar-refractivity contribution in [2.75, 3.05) is 31.8 Å². The van der Waals surface area contributed by atoms with Crippen LogP contribution in [-0.4, -0.2) is 49.5 Å². The number of hydrogen-bond acceptors (Lipinski definition) is 6. The van der Waals surface area contributed by atoms with Crippen LogP contribution in [0.4, 0.5) is 10.1 Å². The second-order valence-corrected chi connectivity index (χ2v) is 9.44. The first kappa shape index (κ1) is 25.0. The average molecular weight is 507 g/mol. The van der Waals surface area contributed by atoms with Crippen LogP contribution in [0.3, 0.4) is 0 Å². The number of halogens is 1. The van der Waals surface area contributed by atoms with Crippen molar-refractivity contribution in [3.63, 3.8) is 0 Å². The number of carbonyl (C=O) groups is 1. The van der Waals surface area contributed by atoms with Gasteiger partial charge in [0.2, 0.25) is 6.79 Å². The van der Waals surface area contributed by atoms with Crippen LogP contribution in [0, 0.1) is 12.7 Å². The molecule has 0 saturated carbocycles. The normalized spacial score (nSPS) is 17.1. The van der Waals surface area contributed by atoms with Crippen molar-refractivity contribution in [3.8, 4) is 17.2 Å². The van der Waals surface area contributed by atoms with Gasteiger partial charge in [0.05, 0.1) is 6.10 Å². The summed E-state index contributed by atoms with van der Waals surface area (Å²) in [4.78, 5) is 15.6. The third-order valence-corrected chi connectivity index (χ3v) is 6.44. The Labute approximate surface area is 216 Å². The van der Waals surface area contributed by atoms with Gasteiger partial charge in [-0.3, -0.25) is 9.69 Å². The molecule has 3 aromatic rings. The summed E-state index contributed by atoms with van der Waals surface area (Å²) in [6.07, 6.45) is 1.16. The zero-order valence-electron chi connectivity index (χ0n) is 20.8. The quantitative estimate of drug-likeness (QED) is 0.421. The predicted molar refractivity (Wildman–Crippen MR) is 137 cm³/mol. The molecule has 8 heteroatoms. The summed E-state index contributed by atoms with van der Waals surface area (Å²) < 4.78 is 36.9. The SMILES string of the molecule is Cc1ccc(NC(=O)[C@@H](CN(Cc2ccc3c(c2)OCO3)C[C@@H]2CCCO2)Oc2cccc(F)c2)cc1. The fourth-order valence-electron chi connectivity index (χ4n) is 4.55. The molecule has 0 aromatic heterocycles. The number of hydrogen-bond donors (Lipinski definition) is 1. The third kappa shape index (κ3) is 6.78. The molecular formula is C29H31FN2O5. The molecule has 1 saturated heterocycles. The molecule has 2 atom stereocenters. The first-order valence-electron chi connectivity index (χ1n) is 12.5. The van der Waals surface area contributed by atoms with E-state index >= 15 is 0 Å². The molecule has 194 valence electrons. The van der Waals surface area contributed by atoms with Crippen molar-refractivity contribution >= 4 is 11.6 Å². The topological polar surface area (TPSA) is 69.3 Å². The Kier molecular flexibility index (Phi) is 7.87. The Morgan fingerprint density at radius 1 is 1.11 bits per heavy atom. The lowest BCUT2D eigenvalue weighted by Gasteiger charge is -2.29. The molecule has 1 amide bonds. The van der Waals surface area contributed by atoms with E-state index in [1.54, 1.807) is 12.1 Å². The smallest absolute Gasteiger partial charge is 0.266 e. The van der Waals surface area contributed by atoms with Gasteiger partial charge in [0.25, 0.3) is 5.91 Å². The van der Waals surface area contributed by atoms with Crippen LogP contribution in [0.15, 0.2) is 66.7 Å². The van der Waals surface area contributed by atoms with Gasteiger partial charge in [-0.05, 0) is 61.7 Å². The fourth-order valence-corrected chi connectivity index (χ4v) is 4.55. The maximum Gasteiger partial charge on any atom is 0.266 e. The molecule has 1 N–H and O–H groups in total. The standard InChI is InChI=1S/C29H31FN2O5/c1-20-7-10-23(11-8-20)31-29(33)28(37-24-5-2-4-22(30)15-24)18-32(17-25-6-3-13-34-25)16-21-9-12-26-27(14-21)36-19-35-26/h2,4-5,7-12,14-15,25,28H,3,6,13,16-19H2,1H3,(H,31,33)/t25-,28+/m0/s1. The van der Waals surface area contributed by atoms with E-state index in [0.717, 1.165) is 36.3 Å². The highest BCUT2D eigenvalue weighted by Crippen LogP contribution is 2.33. The highest BCUT2D eigenvalue weighted by molar-refractivity contribution is 5.94. The molecule has 2 aliphatic rings. The minimum absolute atomic E-state index is 0.0731. The summed E-state index contributed by atoms with van der Waals surface area (Å²) >= 11 is 0. The van der Waals surface area contributed by atoms with Crippen LogP contribution in [-0.2, 0) is 16.1 Å². The van der Waals surface area contributed by atoms with Crippen molar-refractivity contribution < 1.29 is 28.1 Å². The maximum absolute atomic E-state index is 13.9. The number of nitrogens with one attached hydrogen (secondary N) is 1. The first-order chi connectivity index (χ1) is 18.0. The van der Waals surface area contributed by atoms with E-state index in [1.165, 1.54) is 12.1 Å². The molecule has 0 bridgehead atoms. The van der Waals surface area contributed by atoms with Gasteiger partial charge in [0, 0.05) is 38.0 Å². The van der Waals surface area contributed by atoms with Gasteiger partial charge in [-0.1, -0.05) is 29.8 Å². The summed E-state index contributed by atoms with van der Waals surface area (Å²) in [6.45, 7) is 4.40. The number of carbonyl (C=O) groups excluding carboxylic acids is 1. The number of fused-ring (bicyclic) bond motifs is 1. The van der Waals surface area contributed by atoms with E-state index in [-0.39, 0.29) is 25.3 Å². The van der Waals surface area contributed by atoms with Crippen LogP contribution in [0.1, 0.15) is 24.0 Å². The molecule has 0 radical (unpaired) electrons. The van der Waals surface area contributed by atoms with Gasteiger partial charge in [0.1, 0.15) is 11.6 Å². The van der Waals surface area contributed by atoms with Crippen LogP contribution < -0.4 is 19.5 Å². The van der Waals surface area contributed by atoms with Crippen molar-refractivity contribution in [1.82, 2.24) is 4.90 Å². The Morgan fingerprint density at radius 2 is 1.95 bits per heavy atom. The summed E-state index contributed by atoms with van der Waals surface area (Å²) in [5.41, 5.74) is 2.78. The predicted octanol–water partition coefficient (Wildman–Crippen LogP) is 4.93. The van der Waals surface area contributed by atoms with Gasteiger partial charge < -0.3 is 24.3 Å². The number of rotatable bonds is 10. The fraction of sp³-hybridized carbons (Fsp3) is 0.345. The second-order valence-electron chi connectivity index (χ2n) is 9.44. The number of benzene rings is 3. The second kappa shape index (κ2) is 11.6.